The summed E-state index contributed by atoms with van der Waals surface area (Å²) in [7, 11) is 0. The lowest BCUT2D eigenvalue weighted by atomic mass is 10.2. The third-order valence-corrected chi connectivity index (χ3v) is 3.47. The van der Waals surface area contributed by atoms with E-state index in [1.54, 1.807) is 11.8 Å². The van der Waals surface area contributed by atoms with E-state index < -0.39 is 23.6 Å². The summed E-state index contributed by atoms with van der Waals surface area (Å²) in [5.41, 5.74) is 0.239. The molecule has 1 aliphatic heterocycles. The van der Waals surface area contributed by atoms with Crippen LogP contribution in [0.15, 0.2) is 18.2 Å². The van der Waals surface area contributed by atoms with Crippen molar-refractivity contribution >= 4 is 11.7 Å². The predicted octanol–water partition coefficient (Wildman–Crippen LogP) is 1.56. The van der Waals surface area contributed by atoms with Gasteiger partial charge in [0.05, 0.1) is 5.69 Å². The summed E-state index contributed by atoms with van der Waals surface area (Å²) in [5, 5.41) is 8.93. The molecule has 0 aliphatic carbocycles. The zero-order chi connectivity index (χ0) is 14.0. The van der Waals surface area contributed by atoms with Gasteiger partial charge in [-0.3, -0.25) is 9.69 Å². The van der Waals surface area contributed by atoms with Crippen molar-refractivity contribution in [3.05, 3.63) is 29.8 Å². The largest absolute Gasteiger partial charge is 0.480 e. The van der Waals surface area contributed by atoms with Crippen LogP contribution in [0.1, 0.15) is 6.92 Å². The molecule has 1 aromatic carbocycles. The third-order valence-electron chi connectivity index (χ3n) is 3.47. The maximum absolute atomic E-state index is 13.6. The second-order valence-corrected chi connectivity index (χ2v) is 4.63. The monoisotopic (exact) mass is 270 g/mol. The van der Waals surface area contributed by atoms with Gasteiger partial charge in [-0.25, -0.2) is 8.78 Å². The van der Waals surface area contributed by atoms with Gasteiger partial charge in [0.15, 0.2) is 0 Å². The van der Waals surface area contributed by atoms with Crippen LogP contribution in [-0.2, 0) is 4.79 Å². The SMILES string of the molecule is CC(C(=O)O)N1CCN(c2cc(F)ccc2F)CC1. The van der Waals surface area contributed by atoms with Crippen molar-refractivity contribution < 1.29 is 18.7 Å². The topological polar surface area (TPSA) is 43.8 Å². The number of anilines is 1. The maximum Gasteiger partial charge on any atom is 0.320 e. The Morgan fingerprint density at radius 1 is 1.26 bits per heavy atom. The van der Waals surface area contributed by atoms with Gasteiger partial charge in [0.1, 0.15) is 17.7 Å². The molecule has 104 valence electrons. The van der Waals surface area contributed by atoms with Crippen molar-refractivity contribution in [3.63, 3.8) is 0 Å². The van der Waals surface area contributed by atoms with Gasteiger partial charge in [0.2, 0.25) is 0 Å². The molecule has 0 saturated carbocycles. The van der Waals surface area contributed by atoms with Gasteiger partial charge in [-0.15, -0.1) is 0 Å². The lowest BCUT2D eigenvalue weighted by Gasteiger charge is -2.37. The highest BCUT2D eigenvalue weighted by atomic mass is 19.1. The number of aliphatic carboxylic acids is 1. The summed E-state index contributed by atoms with van der Waals surface area (Å²) in [6.45, 7) is 3.63. The van der Waals surface area contributed by atoms with E-state index in [0.29, 0.717) is 26.2 Å². The summed E-state index contributed by atoms with van der Waals surface area (Å²) in [5.74, 6) is -1.80. The van der Waals surface area contributed by atoms with E-state index in [-0.39, 0.29) is 5.69 Å². The van der Waals surface area contributed by atoms with Gasteiger partial charge in [-0.2, -0.15) is 0 Å². The van der Waals surface area contributed by atoms with Gasteiger partial charge in [0.25, 0.3) is 0 Å². The normalized spacial score (nSPS) is 18.4. The molecule has 1 fully saturated rings. The number of hydrogen-bond acceptors (Lipinski definition) is 3. The van der Waals surface area contributed by atoms with Gasteiger partial charge in [-0.05, 0) is 19.1 Å². The number of hydrogen-bond donors (Lipinski definition) is 1. The Bertz CT molecular complexity index is 474. The molecular weight excluding hydrogens is 254 g/mol. The Hall–Kier alpha value is -1.69. The molecule has 1 saturated heterocycles. The fourth-order valence-electron chi connectivity index (χ4n) is 2.23. The van der Waals surface area contributed by atoms with Crippen molar-refractivity contribution in [2.45, 2.75) is 13.0 Å². The summed E-state index contributed by atoms with van der Waals surface area (Å²) in [4.78, 5) is 14.4. The first-order valence-corrected chi connectivity index (χ1v) is 6.16. The molecule has 1 aromatic rings. The Labute approximate surface area is 110 Å². The molecule has 4 nitrogen and oxygen atoms in total. The Morgan fingerprint density at radius 2 is 1.89 bits per heavy atom. The van der Waals surface area contributed by atoms with Gasteiger partial charge < -0.3 is 10.0 Å². The zero-order valence-corrected chi connectivity index (χ0v) is 10.6. The van der Waals surface area contributed by atoms with Gasteiger partial charge in [0, 0.05) is 32.2 Å². The van der Waals surface area contributed by atoms with Crippen molar-refractivity contribution in [1.82, 2.24) is 4.90 Å². The molecule has 0 spiro atoms. The Balaban J connectivity index is 2.04. The molecule has 1 N–H and O–H groups in total. The highest BCUT2D eigenvalue weighted by Gasteiger charge is 2.26. The van der Waals surface area contributed by atoms with Crippen molar-refractivity contribution in [3.8, 4) is 0 Å². The number of benzene rings is 1. The van der Waals surface area contributed by atoms with Crippen LogP contribution in [-0.4, -0.2) is 48.2 Å². The zero-order valence-electron chi connectivity index (χ0n) is 10.6. The lowest BCUT2D eigenvalue weighted by molar-refractivity contribution is -0.142. The fourth-order valence-corrected chi connectivity index (χ4v) is 2.23. The highest BCUT2D eigenvalue weighted by Crippen LogP contribution is 2.22. The van der Waals surface area contributed by atoms with Crippen LogP contribution >= 0.6 is 0 Å². The van der Waals surface area contributed by atoms with Crippen LogP contribution in [0.25, 0.3) is 0 Å². The van der Waals surface area contributed by atoms with Crippen molar-refractivity contribution in [2.24, 2.45) is 0 Å². The van der Waals surface area contributed by atoms with E-state index in [0.717, 1.165) is 12.1 Å². The van der Waals surface area contributed by atoms with Crippen molar-refractivity contribution in [2.75, 3.05) is 31.1 Å². The minimum absolute atomic E-state index is 0.239. The minimum Gasteiger partial charge on any atom is -0.480 e. The van der Waals surface area contributed by atoms with E-state index in [9.17, 15) is 13.6 Å². The second kappa shape index (κ2) is 5.52. The average Bonchev–Trinajstić information content (AvgIpc) is 2.41. The fraction of sp³-hybridized carbons (Fsp3) is 0.462. The number of halogens is 2. The summed E-state index contributed by atoms with van der Waals surface area (Å²) in [6.07, 6.45) is 0. The third kappa shape index (κ3) is 3.01. The molecule has 0 bridgehead atoms. The Kier molecular flexibility index (Phi) is 3.99. The molecule has 0 radical (unpaired) electrons. The van der Waals surface area contributed by atoms with E-state index in [1.165, 1.54) is 6.07 Å². The van der Waals surface area contributed by atoms with Gasteiger partial charge >= 0.3 is 5.97 Å². The first kappa shape index (κ1) is 13.7. The number of carboxylic acid groups (broad SMARTS) is 1. The molecule has 1 atom stereocenters. The van der Waals surface area contributed by atoms with Crippen LogP contribution in [0.5, 0.6) is 0 Å². The standard InChI is InChI=1S/C13H16F2N2O2/c1-9(13(18)19)16-4-6-17(7-5-16)12-8-10(14)2-3-11(12)15/h2-3,8-9H,4-7H2,1H3,(H,18,19). The smallest absolute Gasteiger partial charge is 0.320 e. The number of rotatable bonds is 3. The van der Waals surface area contributed by atoms with Crippen LogP contribution < -0.4 is 4.90 Å². The first-order valence-electron chi connectivity index (χ1n) is 6.16. The molecule has 19 heavy (non-hydrogen) atoms. The van der Waals surface area contributed by atoms with Crippen LogP contribution in [0.2, 0.25) is 0 Å². The quantitative estimate of drug-likeness (QED) is 0.905. The molecule has 1 unspecified atom stereocenters. The molecule has 6 heteroatoms. The first-order chi connectivity index (χ1) is 8.99. The van der Waals surface area contributed by atoms with Crippen LogP contribution in [0.3, 0.4) is 0 Å². The van der Waals surface area contributed by atoms with Gasteiger partial charge in [-0.1, -0.05) is 0 Å². The van der Waals surface area contributed by atoms with Crippen LogP contribution in [0, 0.1) is 11.6 Å². The predicted molar refractivity (Wildman–Crippen MR) is 67.2 cm³/mol. The van der Waals surface area contributed by atoms with E-state index in [2.05, 4.69) is 0 Å². The second-order valence-electron chi connectivity index (χ2n) is 4.63. The number of piperazine rings is 1. The minimum atomic E-state index is -0.870. The van der Waals surface area contributed by atoms with E-state index >= 15 is 0 Å². The molecule has 2 rings (SSSR count). The van der Waals surface area contributed by atoms with Crippen molar-refractivity contribution in [1.29, 1.82) is 0 Å². The molecular formula is C13H16F2N2O2. The maximum atomic E-state index is 13.6. The average molecular weight is 270 g/mol. The number of carbonyl (C=O) groups is 1. The lowest BCUT2D eigenvalue weighted by Crippen LogP contribution is -2.52. The van der Waals surface area contributed by atoms with Crippen LogP contribution in [0.4, 0.5) is 14.5 Å². The van der Waals surface area contributed by atoms with E-state index in [1.807, 2.05) is 4.90 Å². The molecule has 0 aromatic heterocycles. The number of carboxylic acids is 1. The summed E-state index contributed by atoms with van der Waals surface area (Å²) < 4.78 is 26.8. The molecule has 1 heterocycles. The summed E-state index contributed by atoms with van der Waals surface area (Å²) >= 11 is 0. The molecule has 0 amide bonds. The number of nitrogens with zero attached hydrogens (tertiary/aromatic N) is 2. The highest BCUT2D eigenvalue weighted by molar-refractivity contribution is 5.72. The van der Waals surface area contributed by atoms with E-state index in [4.69, 9.17) is 5.11 Å². The summed E-state index contributed by atoms with van der Waals surface area (Å²) in [6, 6.07) is 2.81. The Morgan fingerprint density at radius 3 is 2.47 bits per heavy atom. The molecule has 1 aliphatic rings.